The highest BCUT2D eigenvalue weighted by Gasteiger charge is 2.45. The van der Waals surface area contributed by atoms with E-state index in [0.29, 0.717) is 22.6 Å². The lowest BCUT2D eigenvalue weighted by Gasteiger charge is -2.20. The summed E-state index contributed by atoms with van der Waals surface area (Å²) < 4.78 is 0.764. The Labute approximate surface area is 116 Å². The number of benzene rings is 1. The van der Waals surface area contributed by atoms with Crippen LogP contribution in [0.3, 0.4) is 0 Å². The summed E-state index contributed by atoms with van der Waals surface area (Å²) >= 11 is 3.34. The quantitative estimate of drug-likeness (QED) is 0.839. The van der Waals surface area contributed by atoms with Crippen molar-refractivity contribution in [2.75, 3.05) is 12.3 Å². The molecule has 0 atom stereocenters. The maximum atomic E-state index is 12.0. The molecular weight excluding hydrogens is 292 g/mol. The Balaban J connectivity index is 1.98. The Hall–Kier alpha value is -1.03. The summed E-state index contributed by atoms with van der Waals surface area (Å²) in [6.45, 7) is 5.21. The molecule has 1 amide bonds. The van der Waals surface area contributed by atoms with Crippen LogP contribution >= 0.6 is 15.9 Å². The fraction of sp³-hybridized carbons (Fsp3) is 0.500. The summed E-state index contributed by atoms with van der Waals surface area (Å²) in [6.07, 6.45) is 2.44. The lowest BCUT2D eigenvalue weighted by Crippen LogP contribution is -2.32. The second-order valence-corrected chi connectivity index (χ2v) is 6.29. The van der Waals surface area contributed by atoms with Crippen LogP contribution in [0.5, 0.6) is 0 Å². The number of nitrogen functional groups attached to an aromatic ring is 1. The van der Waals surface area contributed by atoms with Gasteiger partial charge >= 0.3 is 0 Å². The van der Waals surface area contributed by atoms with Gasteiger partial charge in [-0.1, -0.05) is 13.8 Å². The van der Waals surface area contributed by atoms with Crippen LogP contribution in [-0.2, 0) is 0 Å². The minimum Gasteiger partial charge on any atom is -0.398 e. The molecule has 18 heavy (non-hydrogen) atoms. The molecule has 0 unspecified atom stereocenters. The van der Waals surface area contributed by atoms with E-state index in [-0.39, 0.29) is 5.91 Å². The van der Waals surface area contributed by atoms with E-state index in [1.165, 1.54) is 12.8 Å². The molecule has 0 bridgehead atoms. The lowest BCUT2D eigenvalue weighted by atomic mass is 9.92. The van der Waals surface area contributed by atoms with Crippen LogP contribution in [0.4, 0.5) is 5.69 Å². The van der Waals surface area contributed by atoms with Crippen molar-refractivity contribution in [3.63, 3.8) is 0 Å². The zero-order valence-electron chi connectivity index (χ0n) is 10.8. The van der Waals surface area contributed by atoms with Crippen LogP contribution in [0.15, 0.2) is 22.7 Å². The number of hydrogen-bond acceptors (Lipinski definition) is 2. The zero-order valence-corrected chi connectivity index (χ0v) is 12.4. The van der Waals surface area contributed by atoms with Crippen molar-refractivity contribution in [2.45, 2.75) is 26.7 Å². The molecule has 1 aliphatic carbocycles. The number of carbonyl (C=O) groups is 1. The molecule has 1 fully saturated rings. The first kappa shape index (κ1) is 13.4. The molecule has 0 aliphatic heterocycles. The van der Waals surface area contributed by atoms with Gasteiger partial charge in [0.1, 0.15) is 0 Å². The molecule has 0 spiro atoms. The Morgan fingerprint density at radius 2 is 2.17 bits per heavy atom. The van der Waals surface area contributed by atoms with Crippen LogP contribution in [-0.4, -0.2) is 12.5 Å². The van der Waals surface area contributed by atoms with Crippen molar-refractivity contribution in [3.05, 3.63) is 28.2 Å². The van der Waals surface area contributed by atoms with Crippen LogP contribution in [0.1, 0.15) is 37.0 Å². The van der Waals surface area contributed by atoms with Crippen molar-refractivity contribution in [2.24, 2.45) is 11.3 Å². The number of rotatable bonds is 4. The normalized spacial score (nSPS) is 16.7. The maximum Gasteiger partial charge on any atom is 0.251 e. The molecule has 0 saturated heterocycles. The van der Waals surface area contributed by atoms with Gasteiger partial charge < -0.3 is 11.1 Å². The van der Waals surface area contributed by atoms with E-state index in [1.807, 2.05) is 0 Å². The number of carbonyl (C=O) groups excluding carboxylic acids is 1. The highest BCUT2D eigenvalue weighted by atomic mass is 79.9. The summed E-state index contributed by atoms with van der Waals surface area (Å²) in [7, 11) is 0. The molecular formula is C14H19BrN2O. The molecule has 2 rings (SSSR count). The molecule has 1 aliphatic rings. The molecule has 3 nitrogen and oxygen atoms in total. The van der Waals surface area contributed by atoms with Gasteiger partial charge in [-0.05, 0) is 58.3 Å². The highest BCUT2D eigenvalue weighted by Crippen LogP contribution is 2.51. The first-order valence-electron chi connectivity index (χ1n) is 6.28. The van der Waals surface area contributed by atoms with Gasteiger partial charge in [0.05, 0.1) is 0 Å². The molecule has 0 radical (unpaired) electrons. The molecule has 1 aromatic carbocycles. The summed E-state index contributed by atoms with van der Waals surface area (Å²) in [6, 6.07) is 5.26. The van der Waals surface area contributed by atoms with E-state index in [2.05, 4.69) is 35.1 Å². The predicted octanol–water partition coefficient (Wildman–Crippen LogP) is 3.20. The molecule has 1 saturated carbocycles. The third-order valence-electron chi connectivity index (χ3n) is 3.98. The van der Waals surface area contributed by atoms with E-state index in [1.54, 1.807) is 18.2 Å². The van der Waals surface area contributed by atoms with Crippen molar-refractivity contribution >= 4 is 27.5 Å². The van der Waals surface area contributed by atoms with Crippen LogP contribution in [0, 0.1) is 11.3 Å². The van der Waals surface area contributed by atoms with Crippen molar-refractivity contribution in [1.82, 2.24) is 5.32 Å². The number of nitrogens with one attached hydrogen (secondary N) is 1. The molecule has 3 N–H and O–H groups in total. The summed E-state index contributed by atoms with van der Waals surface area (Å²) in [5.41, 5.74) is 7.33. The highest BCUT2D eigenvalue weighted by molar-refractivity contribution is 9.10. The van der Waals surface area contributed by atoms with Crippen molar-refractivity contribution in [1.29, 1.82) is 0 Å². The van der Waals surface area contributed by atoms with Crippen LogP contribution in [0.25, 0.3) is 0 Å². The van der Waals surface area contributed by atoms with Crippen molar-refractivity contribution < 1.29 is 4.79 Å². The molecule has 1 aromatic rings. The Kier molecular flexibility index (Phi) is 3.66. The molecule has 0 aromatic heterocycles. The first-order chi connectivity index (χ1) is 8.44. The number of anilines is 1. The van der Waals surface area contributed by atoms with Gasteiger partial charge in [-0.2, -0.15) is 0 Å². The molecule has 4 heteroatoms. The van der Waals surface area contributed by atoms with Crippen molar-refractivity contribution in [3.8, 4) is 0 Å². The minimum atomic E-state index is -0.0253. The van der Waals surface area contributed by atoms with E-state index in [9.17, 15) is 4.79 Å². The van der Waals surface area contributed by atoms with Gasteiger partial charge in [0, 0.05) is 22.3 Å². The average molecular weight is 311 g/mol. The molecule has 0 heterocycles. The second-order valence-electron chi connectivity index (χ2n) is 5.44. The van der Waals surface area contributed by atoms with Gasteiger partial charge in [-0.25, -0.2) is 0 Å². The Bertz CT molecular complexity index is 467. The number of halogens is 1. The summed E-state index contributed by atoms with van der Waals surface area (Å²) in [4.78, 5) is 12.0. The zero-order chi connectivity index (χ0) is 13.3. The standard InChI is InChI=1S/C14H19BrN2O/c1-9(2)14(5-6-14)8-17-13(18)10-3-4-12(16)11(15)7-10/h3-4,7,9H,5-6,8,16H2,1-2H3,(H,17,18). The maximum absolute atomic E-state index is 12.0. The predicted molar refractivity (Wildman–Crippen MR) is 77.4 cm³/mol. The first-order valence-corrected chi connectivity index (χ1v) is 7.07. The monoisotopic (exact) mass is 310 g/mol. The fourth-order valence-corrected chi connectivity index (χ4v) is 2.52. The Morgan fingerprint density at radius 3 is 2.67 bits per heavy atom. The summed E-state index contributed by atoms with van der Waals surface area (Å²) in [5.74, 6) is 0.596. The van der Waals surface area contributed by atoms with Gasteiger partial charge in [-0.3, -0.25) is 4.79 Å². The number of hydrogen-bond donors (Lipinski definition) is 2. The smallest absolute Gasteiger partial charge is 0.251 e. The molecule has 98 valence electrons. The SMILES string of the molecule is CC(C)C1(CNC(=O)c2ccc(N)c(Br)c2)CC1. The summed E-state index contributed by atoms with van der Waals surface area (Å²) in [5, 5.41) is 3.03. The van der Waals surface area contributed by atoms with E-state index < -0.39 is 0 Å². The van der Waals surface area contributed by atoms with Gasteiger partial charge in [0.2, 0.25) is 0 Å². The van der Waals surface area contributed by atoms with Gasteiger partial charge in [-0.15, -0.1) is 0 Å². The second kappa shape index (κ2) is 4.92. The number of nitrogens with two attached hydrogens (primary N) is 1. The average Bonchev–Trinajstić information content (AvgIpc) is 3.11. The van der Waals surface area contributed by atoms with Crippen LogP contribution < -0.4 is 11.1 Å². The van der Waals surface area contributed by atoms with Gasteiger partial charge in [0.25, 0.3) is 5.91 Å². The largest absolute Gasteiger partial charge is 0.398 e. The fourth-order valence-electron chi connectivity index (χ4n) is 2.15. The van der Waals surface area contributed by atoms with E-state index in [4.69, 9.17) is 5.73 Å². The third kappa shape index (κ3) is 2.69. The van der Waals surface area contributed by atoms with E-state index in [0.717, 1.165) is 11.0 Å². The minimum absolute atomic E-state index is 0.0253. The van der Waals surface area contributed by atoms with Gasteiger partial charge in [0.15, 0.2) is 0 Å². The number of amides is 1. The topological polar surface area (TPSA) is 55.1 Å². The Morgan fingerprint density at radius 1 is 1.50 bits per heavy atom. The van der Waals surface area contributed by atoms with E-state index >= 15 is 0 Å². The third-order valence-corrected chi connectivity index (χ3v) is 4.67. The van der Waals surface area contributed by atoms with Crippen LogP contribution in [0.2, 0.25) is 0 Å². The lowest BCUT2D eigenvalue weighted by molar-refractivity contribution is 0.0939.